The van der Waals surface area contributed by atoms with Gasteiger partial charge in [-0.25, -0.2) is 14.9 Å². The van der Waals surface area contributed by atoms with Gasteiger partial charge in [-0.2, -0.15) is 15.0 Å². The molecule has 0 atom stereocenters. The van der Waals surface area contributed by atoms with Crippen molar-refractivity contribution >= 4 is 29.5 Å². The molecule has 0 aliphatic carbocycles. The van der Waals surface area contributed by atoms with Crippen molar-refractivity contribution in [3.63, 3.8) is 0 Å². The lowest BCUT2D eigenvalue weighted by Crippen LogP contribution is -2.30. The van der Waals surface area contributed by atoms with Gasteiger partial charge in [0, 0.05) is 38.6 Å². The van der Waals surface area contributed by atoms with E-state index >= 15 is 0 Å². The first-order valence-electron chi connectivity index (χ1n) is 10.1. The molecule has 8 heteroatoms. The van der Waals surface area contributed by atoms with Crippen molar-refractivity contribution in [3.05, 3.63) is 48.8 Å². The fourth-order valence-corrected chi connectivity index (χ4v) is 3.03. The molecular formula is C21H28N8. The fourth-order valence-electron chi connectivity index (χ4n) is 3.03. The first kappa shape index (κ1) is 20.4. The third kappa shape index (κ3) is 4.59. The van der Waals surface area contributed by atoms with Gasteiger partial charge in [-0.05, 0) is 52.0 Å². The molecule has 0 radical (unpaired) electrons. The summed E-state index contributed by atoms with van der Waals surface area (Å²) in [6.07, 6.45) is 3.51. The largest absolute Gasteiger partial charge is 0.341 e. The Morgan fingerprint density at radius 3 is 1.34 bits per heavy atom. The zero-order valence-electron chi connectivity index (χ0n) is 17.5. The van der Waals surface area contributed by atoms with Gasteiger partial charge >= 0.3 is 0 Å². The van der Waals surface area contributed by atoms with Crippen molar-refractivity contribution in [1.82, 2.24) is 24.9 Å². The monoisotopic (exact) mass is 392 g/mol. The molecule has 3 rings (SSSR count). The van der Waals surface area contributed by atoms with E-state index in [1.165, 1.54) is 0 Å². The third-order valence-corrected chi connectivity index (χ3v) is 4.65. The van der Waals surface area contributed by atoms with E-state index in [2.05, 4.69) is 47.5 Å². The molecule has 3 aromatic heterocycles. The molecule has 152 valence electrons. The Balaban J connectivity index is 2.21. The van der Waals surface area contributed by atoms with Crippen LogP contribution in [0.15, 0.2) is 48.8 Å². The second-order valence-corrected chi connectivity index (χ2v) is 6.29. The lowest BCUT2D eigenvalue weighted by molar-refractivity contribution is 0.774. The van der Waals surface area contributed by atoms with Crippen molar-refractivity contribution < 1.29 is 0 Å². The Hall–Kier alpha value is -3.29. The summed E-state index contributed by atoms with van der Waals surface area (Å²) < 4.78 is 0. The molecular weight excluding hydrogens is 364 g/mol. The van der Waals surface area contributed by atoms with Crippen LogP contribution in [0.4, 0.5) is 29.5 Å². The Kier molecular flexibility index (Phi) is 6.89. The first-order valence-corrected chi connectivity index (χ1v) is 10.1. The van der Waals surface area contributed by atoms with E-state index < -0.39 is 0 Å². The predicted molar refractivity (Wildman–Crippen MR) is 117 cm³/mol. The molecule has 0 bridgehead atoms. The van der Waals surface area contributed by atoms with Gasteiger partial charge in [-0.3, -0.25) is 0 Å². The highest BCUT2D eigenvalue weighted by atomic mass is 15.4. The molecule has 0 aliphatic heterocycles. The van der Waals surface area contributed by atoms with Gasteiger partial charge in [0.1, 0.15) is 11.6 Å². The smallest absolute Gasteiger partial charge is 0.243 e. The molecule has 3 heterocycles. The molecule has 3 aromatic rings. The van der Waals surface area contributed by atoms with E-state index in [1.807, 2.05) is 41.3 Å². The maximum absolute atomic E-state index is 4.80. The third-order valence-electron chi connectivity index (χ3n) is 4.65. The molecule has 0 aliphatic rings. The normalized spacial score (nSPS) is 10.6. The summed E-state index contributed by atoms with van der Waals surface area (Å²) in [6.45, 7) is 11.6. The van der Waals surface area contributed by atoms with E-state index in [0.717, 1.165) is 26.2 Å². The molecule has 0 aromatic carbocycles. The van der Waals surface area contributed by atoms with Crippen molar-refractivity contribution in [3.8, 4) is 0 Å². The number of rotatable bonds is 9. The molecule has 0 saturated carbocycles. The van der Waals surface area contributed by atoms with Gasteiger partial charge in [0.15, 0.2) is 0 Å². The summed E-state index contributed by atoms with van der Waals surface area (Å²) in [7, 11) is 0. The van der Waals surface area contributed by atoms with Crippen LogP contribution in [0.5, 0.6) is 0 Å². The summed E-state index contributed by atoms with van der Waals surface area (Å²) >= 11 is 0. The number of hydrogen-bond acceptors (Lipinski definition) is 8. The average Bonchev–Trinajstić information content (AvgIpc) is 2.77. The van der Waals surface area contributed by atoms with Gasteiger partial charge < -0.3 is 9.80 Å². The zero-order chi connectivity index (χ0) is 20.6. The minimum Gasteiger partial charge on any atom is -0.341 e. The standard InChI is InChI=1S/C21H28N8/c1-5-27(6-2)19-24-20(28(7-3)8-4)26-21(25-19)29(17-13-9-11-15-22-17)18-14-10-12-16-23-18/h9-16H,5-8H2,1-4H3. The average molecular weight is 393 g/mol. The van der Waals surface area contributed by atoms with Crippen LogP contribution in [0, 0.1) is 0 Å². The van der Waals surface area contributed by atoms with Crippen LogP contribution in [-0.2, 0) is 0 Å². The van der Waals surface area contributed by atoms with Crippen molar-refractivity contribution in [1.29, 1.82) is 0 Å². The van der Waals surface area contributed by atoms with Crippen molar-refractivity contribution in [2.24, 2.45) is 0 Å². The Bertz CT molecular complexity index is 810. The fraction of sp³-hybridized carbons (Fsp3) is 0.381. The van der Waals surface area contributed by atoms with E-state index in [4.69, 9.17) is 15.0 Å². The Labute approximate surface area is 172 Å². The molecule has 0 N–H and O–H groups in total. The van der Waals surface area contributed by atoms with Crippen LogP contribution in [0.1, 0.15) is 27.7 Å². The second kappa shape index (κ2) is 9.77. The minimum atomic E-state index is 0.501. The van der Waals surface area contributed by atoms with Crippen LogP contribution in [0.3, 0.4) is 0 Å². The maximum Gasteiger partial charge on any atom is 0.243 e. The lowest BCUT2D eigenvalue weighted by atomic mass is 10.4. The number of nitrogens with zero attached hydrogens (tertiary/aromatic N) is 8. The molecule has 0 spiro atoms. The van der Waals surface area contributed by atoms with Crippen LogP contribution in [0.25, 0.3) is 0 Å². The van der Waals surface area contributed by atoms with E-state index in [0.29, 0.717) is 29.5 Å². The highest BCUT2D eigenvalue weighted by molar-refractivity contribution is 5.68. The van der Waals surface area contributed by atoms with Gasteiger partial charge in [0.05, 0.1) is 0 Å². The maximum atomic E-state index is 4.80. The van der Waals surface area contributed by atoms with Crippen LogP contribution < -0.4 is 14.7 Å². The lowest BCUT2D eigenvalue weighted by Gasteiger charge is -2.26. The molecule has 0 saturated heterocycles. The number of anilines is 5. The Morgan fingerprint density at radius 1 is 0.586 bits per heavy atom. The summed E-state index contributed by atoms with van der Waals surface area (Å²) in [4.78, 5) is 29.5. The van der Waals surface area contributed by atoms with Gasteiger partial charge in [0.25, 0.3) is 0 Å². The predicted octanol–water partition coefficient (Wildman–Crippen LogP) is 3.82. The molecule has 0 amide bonds. The van der Waals surface area contributed by atoms with E-state index in [9.17, 15) is 0 Å². The summed E-state index contributed by atoms with van der Waals surface area (Å²) in [5.41, 5.74) is 0. The van der Waals surface area contributed by atoms with E-state index in [1.54, 1.807) is 12.4 Å². The Morgan fingerprint density at radius 2 is 1.00 bits per heavy atom. The van der Waals surface area contributed by atoms with Gasteiger partial charge in [-0.15, -0.1) is 0 Å². The molecule has 29 heavy (non-hydrogen) atoms. The zero-order valence-corrected chi connectivity index (χ0v) is 17.5. The summed E-state index contributed by atoms with van der Waals surface area (Å²) in [5.74, 6) is 3.21. The van der Waals surface area contributed by atoms with Crippen LogP contribution in [-0.4, -0.2) is 51.1 Å². The van der Waals surface area contributed by atoms with Crippen LogP contribution in [0.2, 0.25) is 0 Å². The minimum absolute atomic E-state index is 0.501. The molecule has 8 nitrogen and oxygen atoms in total. The van der Waals surface area contributed by atoms with Crippen LogP contribution >= 0.6 is 0 Å². The number of aromatic nitrogens is 5. The summed E-state index contributed by atoms with van der Waals surface area (Å²) in [6, 6.07) is 11.5. The SMILES string of the molecule is CCN(CC)c1nc(N(CC)CC)nc(N(c2ccccn2)c2ccccn2)n1. The molecule has 0 unspecified atom stereocenters. The highest BCUT2D eigenvalue weighted by Crippen LogP contribution is 2.30. The van der Waals surface area contributed by atoms with E-state index in [-0.39, 0.29) is 0 Å². The quantitative estimate of drug-likeness (QED) is 0.544. The number of pyridine rings is 2. The van der Waals surface area contributed by atoms with Gasteiger partial charge in [0.2, 0.25) is 17.8 Å². The first-order chi connectivity index (χ1) is 14.2. The highest BCUT2D eigenvalue weighted by Gasteiger charge is 2.22. The number of hydrogen-bond donors (Lipinski definition) is 0. The van der Waals surface area contributed by atoms with Crippen molar-refractivity contribution in [2.45, 2.75) is 27.7 Å². The van der Waals surface area contributed by atoms with Gasteiger partial charge in [-0.1, -0.05) is 12.1 Å². The summed E-state index contributed by atoms with van der Waals surface area (Å²) in [5, 5.41) is 0. The van der Waals surface area contributed by atoms with Crippen molar-refractivity contribution in [2.75, 3.05) is 40.9 Å². The topological polar surface area (TPSA) is 74.2 Å². The molecule has 0 fully saturated rings. The second-order valence-electron chi connectivity index (χ2n) is 6.29.